The van der Waals surface area contributed by atoms with Crippen LogP contribution in [-0.2, 0) is 18.4 Å². The minimum absolute atomic E-state index is 0.173. The SMILES string of the molecule is CNC(=O)[C@H]1CN(C(=O)c2nn(C)c3ccccc23)Cc2ccnn21. The van der Waals surface area contributed by atoms with E-state index in [0.29, 0.717) is 12.2 Å². The number of hydrogen-bond donors (Lipinski definition) is 1. The summed E-state index contributed by atoms with van der Waals surface area (Å²) < 4.78 is 3.38. The Morgan fingerprint density at radius 2 is 2.04 bits per heavy atom. The molecule has 1 N–H and O–H groups in total. The molecule has 0 unspecified atom stereocenters. The van der Waals surface area contributed by atoms with Gasteiger partial charge in [0.25, 0.3) is 5.91 Å². The zero-order valence-corrected chi connectivity index (χ0v) is 14.0. The molecule has 0 fully saturated rings. The summed E-state index contributed by atoms with van der Waals surface area (Å²) in [4.78, 5) is 27.0. The third-order valence-corrected chi connectivity index (χ3v) is 4.59. The lowest BCUT2D eigenvalue weighted by Crippen LogP contribution is -2.46. The summed E-state index contributed by atoms with van der Waals surface area (Å²) in [6.07, 6.45) is 1.65. The molecule has 1 aliphatic rings. The molecule has 3 heterocycles. The molecular formula is C17H18N6O2. The molecule has 3 aromatic rings. The van der Waals surface area contributed by atoms with Crippen LogP contribution in [0.25, 0.3) is 10.9 Å². The van der Waals surface area contributed by atoms with Crippen LogP contribution in [0.4, 0.5) is 0 Å². The number of likely N-dealkylation sites (N-methyl/N-ethyl adjacent to an activating group) is 1. The van der Waals surface area contributed by atoms with Gasteiger partial charge in [-0.15, -0.1) is 0 Å². The van der Waals surface area contributed by atoms with Crippen molar-refractivity contribution in [3.05, 3.63) is 47.9 Å². The van der Waals surface area contributed by atoms with Gasteiger partial charge in [-0.25, -0.2) is 0 Å². The van der Waals surface area contributed by atoms with E-state index in [9.17, 15) is 9.59 Å². The maximum atomic E-state index is 13.1. The number of carbonyl (C=O) groups is 2. The van der Waals surface area contributed by atoms with Crippen LogP contribution in [0.3, 0.4) is 0 Å². The molecule has 128 valence electrons. The number of aryl methyl sites for hydroxylation is 1. The fourth-order valence-corrected chi connectivity index (χ4v) is 3.33. The van der Waals surface area contributed by atoms with Gasteiger partial charge < -0.3 is 10.2 Å². The van der Waals surface area contributed by atoms with Crippen LogP contribution in [0.1, 0.15) is 22.2 Å². The van der Waals surface area contributed by atoms with Crippen molar-refractivity contribution in [2.45, 2.75) is 12.6 Å². The predicted molar refractivity (Wildman–Crippen MR) is 90.8 cm³/mol. The molecule has 0 aliphatic carbocycles. The fraction of sp³-hybridized carbons (Fsp3) is 0.294. The van der Waals surface area contributed by atoms with Crippen LogP contribution in [0.15, 0.2) is 36.5 Å². The molecule has 1 aliphatic heterocycles. The Hall–Kier alpha value is -3.16. The second kappa shape index (κ2) is 5.73. The minimum atomic E-state index is -0.539. The summed E-state index contributed by atoms with van der Waals surface area (Å²) in [5.74, 6) is -0.355. The third-order valence-electron chi connectivity index (χ3n) is 4.59. The van der Waals surface area contributed by atoms with E-state index in [2.05, 4.69) is 15.5 Å². The third kappa shape index (κ3) is 2.37. The monoisotopic (exact) mass is 338 g/mol. The van der Waals surface area contributed by atoms with Crippen molar-refractivity contribution in [1.82, 2.24) is 29.8 Å². The Morgan fingerprint density at radius 1 is 1.24 bits per heavy atom. The van der Waals surface area contributed by atoms with Crippen LogP contribution < -0.4 is 5.32 Å². The molecule has 2 amide bonds. The van der Waals surface area contributed by atoms with Crippen LogP contribution >= 0.6 is 0 Å². The van der Waals surface area contributed by atoms with Gasteiger partial charge in [-0.1, -0.05) is 18.2 Å². The molecule has 0 saturated heterocycles. The van der Waals surface area contributed by atoms with Crippen molar-refractivity contribution >= 4 is 22.7 Å². The van der Waals surface area contributed by atoms with Crippen molar-refractivity contribution in [2.24, 2.45) is 7.05 Å². The standard InChI is InChI=1S/C17H18N6O2/c1-18-16(24)14-10-22(9-11-7-8-19-23(11)14)17(25)15-12-5-3-4-6-13(12)21(2)20-15/h3-8,14H,9-10H2,1-2H3,(H,18,24)/t14-/m1/s1. The van der Waals surface area contributed by atoms with Gasteiger partial charge >= 0.3 is 0 Å². The normalized spacial score (nSPS) is 16.7. The molecule has 0 spiro atoms. The highest BCUT2D eigenvalue weighted by molar-refractivity contribution is 6.05. The topological polar surface area (TPSA) is 85.1 Å². The number of nitrogens with one attached hydrogen (secondary N) is 1. The lowest BCUT2D eigenvalue weighted by atomic mass is 10.1. The molecule has 8 nitrogen and oxygen atoms in total. The van der Waals surface area contributed by atoms with E-state index < -0.39 is 6.04 Å². The quantitative estimate of drug-likeness (QED) is 0.746. The molecule has 0 bridgehead atoms. The zero-order chi connectivity index (χ0) is 17.6. The largest absolute Gasteiger partial charge is 0.357 e. The predicted octanol–water partition coefficient (Wildman–Crippen LogP) is 0.713. The number of hydrogen-bond acceptors (Lipinski definition) is 4. The second-order valence-corrected chi connectivity index (χ2v) is 6.07. The van der Waals surface area contributed by atoms with E-state index in [4.69, 9.17) is 0 Å². The Kier molecular flexibility index (Phi) is 3.52. The first-order valence-corrected chi connectivity index (χ1v) is 8.05. The average molecular weight is 338 g/mol. The Bertz CT molecular complexity index is 973. The van der Waals surface area contributed by atoms with Gasteiger partial charge in [0.2, 0.25) is 5.91 Å². The number of rotatable bonds is 2. The van der Waals surface area contributed by atoms with Crippen molar-refractivity contribution < 1.29 is 9.59 Å². The number of para-hydroxylation sites is 1. The lowest BCUT2D eigenvalue weighted by molar-refractivity contribution is -0.125. The molecule has 1 atom stereocenters. The van der Waals surface area contributed by atoms with Crippen molar-refractivity contribution in [3.63, 3.8) is 0 Å². The second-order valence-electron chi connectivity index (χ2n) is 6.07. The van der Waals surface area contributed by atoms with Gasteiger partial charge in [0.05, 0.1) is 24.3 Å². The number of amides is 2. The summed E-state index contributed by atoms with van der Waals surface area (Å²) in [5.41, 5.74) is 2.13. The van der Waals surface area contributed by atoms with Gasteiger partial charge in [-0.05, 0) is 12.1 Å². The molecule has 4 rings (SSSR count). The van der Waals surface area contributed by atoms with Crippen LogP contribution in [-0.4, -0.2) is 49.9 Å². The molecule has 25 heavy (non-hydrogen) atoms. The van der Waals surface area contributed by atoms with Gasteiger partial charge in [0.1, 0.15) is 6.04 Å². The summed E-state index contributed by atoms with van der Waals surface area (Å²) in [7, 11) is 3.40. The Labute approximate surface area is 144 Å². The lowest BCUT2D eigenvalue weighted by Gasteiger charge is -2.32. The molecular weight excluding hydrogens is 320 g/mol. The first-order valence-electron chi connectivity index (χ1n) is 8.05. The van der Waals surface area contributed by atoms with Crippen LogP contribution in [0.5, 0.6) is 0 Å². The van der Waals surface area contributed by atoms with Crippen LogP contribution in [0.2, 0.25) is 0 Å². The summed E-state index contributed by atoms with van der Waals surface area (Å²) in [6, 6.07) is 8.91. The number of carbonyl (C=O) groups excluding carboxylic acids is 2. The van der Waals surface area contributed by atoms with Crippen molar-refractivity contribution in [2.75, 3.05) is 13.6 Å². The van der Waals surface area contributed by atoms with E-state index in [1.807, 2.05) is 37.4 Å². The maximum Gasteiger partial charge on any atom is 0.275 e. The first kappa shape index (κ1) is 15.4. The van der Waals surface area contributed by atoms with E-state index in [1.165, 1.54) is 0 Å². The maximum absolute atomic E-state index is 13.1. The summed E-state index contributed by atoms with van der Waals surface area (Å²) in [6.45, 7) is 0.662. The molecule has 0 radical (unpaired) electrons. The first-order chi connectivity index (χ1) is 12.1. The van der Waals surface area contributed by atoms with Gasteiger partial charge in [-0.3, -0.25) is 19.0 Å². The average Bonchev–Trinajstić information content (AvgIpc) is 3.24. The fourth-order valence-electron chi connectivity index (χ4n) is 3.33. The highest BCUT2D eigenvalue weighted by Gasteiger charge is 2.34. The summed E-state index contributed by atoms with van der Waals surface area (Å²) >= 11 is 0. The van der Waals surface area contributed by atoms with E-state index >= 15 is 0 Å². The van der Waals surface area contributed by atoms with E-state index in [0.717, 1.165) is 16.6 Å². The Morgan fingerprint density at radius 3 is 2.84 bits per heavy atom. The smallest absolute Gasteiger partial charge is 0.275 e. The molecule has 8 heteroatoms. The van der Waals surface area contributed by atoms with Gasteiger partial charge in [0.15, 0.2) is 5.69 Å². The van der Waals surface area contributed by atoms with E-state index in [1.54, 1.807) is 27.5 Å². The number of fused-ring (bicyclic) bond motifs is 2. The Balaban J connectivity index is 1.72. The number of aromatic nitrogens is 4. The summed E-state index contributed by atoms with van der Waals surface area (Å²) in [5, 5.41) is 12.1. The highest BCUT2D eigenvalue weighted by atomic mass is 16.2. The number of nitrogens with zero attached hydrogens (tertiary/aromatic N) is 5. The molecule has 2 aromatic heterocycles. The zero-order valence-electron chi connectivity index (χ0n) is 14.0. The van der Waals surface area contributed by atoms with E-state index in [-0.39, 0.29) is 18.4 Å². The molecule has 1 aromatic carbocycles. The van der Waals surface area contributed by atoms with Crippen molar-refractivity contribution in [3.8, 4) is 0 Å². The minimum Gasteiger partial charge on any atom is -0.357 e. The number of benzene rings is 1. The molecule has 0 saturated carbocycles. The van der Waals surface area contributed by atoms with Gasteiger partial charge in [0, 0.05) is 25.7 Å². The van der Waals surface area contributed by atoms with Crippen molar-refractivity contribution in [1.29, 1.82) is 0 Å². The van der Waals surface area contributed by atoms with Crippen LogP contribution in [0, 0.1) is 0 Å². The highest BCUT2D eigenvalue weighted by Crippen LogP contribution is 2.24. The van der Waals surface area contributed by atoms with Gasteiger partial charge in [-0.2, -0.15) is 10.2 Å².